The van der Waals surface area contributed by atoms with Gasteiger partial charge in [-0.15, -0.1) is 0 Å². The summed E-state index contributed by atoms with van der Waals surface area (Å²) >= 11 is 0. The zero-order valence-corrected chi connectivity index (χ0v) is 17.5. The predicted octanol–water partition coefficient (Wildman–Crippen LogP) is 3.26. The highest BCUT2D eigenvalue weighted by atomic mass is 16.5. The van der Waals surface area contributed by atoms with Crippen LogP contribution in [0.25, 0.3) is 0 Å². The summed E-state index contributed by atoms with van der Waals surface area (Å²) in [7, 11) is 0. The average Bonchev–Trinajstić information content (AvgIpc) is 3.47. The number of carbonyl (C=O) groups is 1. The van der Waals surface area contributed by atoms with Crippen molar-refractivity contribution in [1.29, 1.82) is 0 Å². The zero-order valence-electron chi connectivity index (χ0n) is 17.5. The maximum absolute atomic E-state index is 9.80. The van der Waals surface area contributed by atoms with Crippen molar-refractivity contribution in [2.24, 2.45) is 5.92 Å². The van der Waals surface area contributed by atoms with Crippen LogP contribution in [-0.4, -0.2) is 54.7 Å². The molecule has 1 aromatic rings. The van der Waals surface area contributed by atoms with Gasteiger partial charge in [0.05, 0.1) is 6.61 Å². The highest BCUT2D eigenvalue weighted by molar-refractivity contribution is 5.66. The Morgan fingerprint density at radius 2 is 1.93 bits per heavy atom. The van der Waals surface area contributed by atoms with E-state index in [0.717, 1.165) is 37.7 Å². The number of nitrogens with one attached hydrogen (secondary N) is 1. The summed E-state index contributed by atoms with van der Waals surface area (Å²) in [6.07, 6.45) is 4.15. The summed E-state index contributed by atoms with van der Waals surface area (Å²) in [5, 5.41) is 20.9. The maximum Gasteiger partial charge on any atom is 0.303 e. The fourth-order valence-electron chi connectivity index (χ4n) is 2.31. The molecule has 1 aromatic carbocycles. The van der Waals surface area contributed by atoms with Gasteiger partial charge in [0, 0.05) is 25.6 Å². The number of carboxylic acid groups (broad SMARTS) is 1. The van der Waals surface area contributed by atoms with E-state index in [0.29, 0.717) is 25.6 Å². The minimum atomic E-state index is -0.711. The normalized spacial score (nSPS) is 14.3. The molecule has 0 bridgehead atoms. The molecule has 0 aliphatic heterocycles. The molecular formula is C22H37NO5. The van der Waals surface area contributed by atoms with Crippen LogP contribution in [0.15, 0.2) is 24.3 Å². The molecule has 0 amide bonds. The Morgan fingerprint density at radius 3 is 2.43 bits per heavy atom. The van der Waals surface area contributed by atoms with Gasteiger partial charge in [0.1, 0.15) is 18.5 Å². The standard InChI is InChI=1S/C18H29NO3.C4H8O2/c1-14(2)19-11-17(20)13-22-18-7-5-15(6-8-18)9-10-21-12-16-3-4-16;1-2-3-4(5)6/h5-8,14,16-17,19-20H,3-4,9-13H2,1-2H3;2-3H2,1H3,(H,5,6). The number of hydrogen-bond acceptors (Lipinski definition) is 5. The lowest BCUT2D eigenvalue weighted by molar-refractivity contribution is -0.137. The molecule has 6 heteroatoms. The molecule has 0 aromatic heterocycles. The van der Waals surface area contributed by atoms with Crippen LogP contribution in [0.4, 0.5) is 0 Å². The summed E-state index contributed by atoms with van der Waals surface area (Å²) < 4.78 is 11.2. The van der Waals surface area contributed by atoms with Crippen LogP contribution < -0.4 is 10.1 Å². The number of ether oxygens (including phenoxy) is 2. The van der Waals surface area contributed by atoms with Crippen LogP contribution >= 0.6 is 0 Å². The van der Waals surface area contributed by atoms with Crippen molar-refractivity contribution in [3.8, 4) is 5.75 Å². The Hall–Kier alpha value is -1.63. The van der Waals surface area contributed by atoms with E-state index in [2.05, 4.69) is 31.3 Å². The molecule has 1 saturated carbocycles. The Kier molecular flexibility index (Phi) is 12.5. The predicted molar refractivity (Wildman–Crippen MR) is 111 cm³/mol. The van der Waals surface area contributed by atoms with Gasteiger partial charge in [-0.05, 0) is 49.3 Å². The molecule has 1 atom stereocenters. The molecule has 0 radical (unpaired) electrons. The van der Waals surface area contributed by atoms with Gasteiger partial charge in [-0.1, -0.05) is 32.9 Å². The highest BCUT2D eigenvalue weighted by Crippen LogP contribution is 2.28. The number of aliphatic carboxylic acids is 1. The molecule has 1 fully saturated rings. The second-order valence-corrected chi connectivity index (χ2v) is 7.58. The van der Waals surface area contributed by atoms with Crippen LogP contribution in [0, 0.1) is 5.92 Å². The van der Waals surface area contributed by atoms with Crippen LogP contribution in [-0.2, 0) is 16.0 Å². The van der Waals surface area contributed by atoms with Crippen molar-refractivity contribution in [3.63, 3.8) is 0 Å². The third-order valence-corrected chi connectivity index (χ3v) is 4.18. The average molecular weight is 396 g/mol. The van der Waals surface area contributed by atoms with E-state index in [-0.39, 0.29) is 0 Å². The first-order valence-corrected chi connectivity index (χ1v) is 10.3. The van der Waals surface area contributed by atoms with E-state index in [4.69, 9.17) is 14.6 Å². The van der Waals surface area contributed by atoms with Gasteiger partial charge in [-0.25, -0.2) is 0 Å². The van der Waals surface area contributed by atoms with E-state index >= 15 is 0 Å². The largest absolute Gasteiger partial charge is 0.491 e. The van der Waals surface area contributed by atoms with Gasteiger partial charge in [0.25, 0.3) is 0 Å². The molecule has 0 spiro atoms. The van der Waals surface area contributed by atoms with Gasteiger partial charge >= 0.3 is 5.97 Å². The van der Waals surface area contributed by atoms with Gasteiger partial charge in [0.15, 0.2) is 0 Å². The topological polar surface area (TPSA) is 88.0 Å². The molecule has 6 nitrogen and oxygen atoms in total. The van der Waals surface area contributed by atoms with Crippen molar-refractivity contribution < 1.29 is 24.5 Å². The third-order valence-electron chi connectivity index (χ3n) is 4.18. The van der Waals surface area contributed by atoms with E-state index in [1.54, 1.807) is 0 Å². The van der Waals surface area contributed by atoms with E-state index < -0.39 is 12.1 Å². The fourth-order valence-corrected chi connectivity index (χ4v) is 2.31. The molecule has 0 heterocycles. The first-order valence-electron chi connectivity index (χ1n) is 10.3. The van der Waals surface area contributed by atoms with Crippen LogP contribution in [0.2, 0.25) is 0 Å². The lowest BCUT2D eigenvalue weighted by Crippen LogP contribution is -2.35. The monoisotopic (exact) mass is 395 g/mol. The van der Waals surface area contributed by atoms with Crippen LogP contribution in [0.5, 0.6) is 5.75 Å². The number of aliphatic hydroxyl groups excluding tert-OH is 1. The van der Waals surface area contributed by atoms with Crippen molar-refractivity contribution in [2.75, 3.05) is 26.4 Å². The molecule has 2 rings (SSSR count). The molecule has 160 valence electrons. The molecule has 0 saturated heterocycles. The molecule has 3 N–H and O–H groups in total. The minimum Gasteiger partial charge on any atom is -0.491 e. The summed E-state index contributed by atoms with van der Waals surface area (Å²) in [4.78, 5) is 9.60. The lowest BCUT2D eigenvalue weighted by Gasteiger charge is -2.15. The van der Waals surface area contributed by atoms with Crippen molar-refractivity contribution in [2.45, 2.75) is 65.0 Å². The van der Waals surface area contributed by atoms with Crippen LogP contribution in [0.3, 0.4) is 0 Å². The first-order chi connectivity index (χ1) is 13.4. The minimum absolute atomic E-state index is 0.292. The van der Waals surface area contributed by atoms with E-state index in [9.17, 15) is 9.90 Å². The van der Waals surface area contributed by atoms with Gasteiger partial charge in [0.2, 0.25) is 0 Å². The summed E-state index contributed by atoms with van der Waals surface area (Å²) in [6.45, 7) is 8.52. The highest BCUT2D eigenvalue weighted by Gasteiger charge is 2.20. The zero-order chi connectivity index (χ0) is 20.8. The molecule has 28 heavy (non-hydrogen) atoms. The lowest BCUT2D eigenvalue weighted by atomic mass is 10.1. The Balaban J connectivity index is 0.000000568. The number of hydrogen-bond donors (Lipinski definition) is 3. The van der Waals surface area contributed by atoms with E-state index in [1.807, 2.05) is 19.1 Å². The molecule has 1 unspecified atom stereocenters. The van der Waals surface area contributed by atoms with Gasteiger partial charge in [-0.2, -0.15) is 0 Å². The number of benzene rings is 1. The Bertz CT molecular complexity index is 528. The third kappa shape index (κ3) is 13.5. The number of carboxylic acids is 1. The van der Waals surface area contributed by atoms with Gasteiger partial charge in [-0.3, -0.25) is 4.79 Å². The summed E-state index contributed by atoms with van der Waals surface area (Å²) in [5.74, 6) is 0.913. The number of rotatable bonds is 13. The number of aliphatic hydroxyl groups is 1. The van der Waals surface area contributed by atoms with Crippen molar-refractivity contribution in [1.82, 2.24) is 5.32 Å². The molecule has 1 aliphatic carbocycles. The second-order valence-electron chi connectivity index (χ2n) is 7.58. The Labute approximate surface area is 169 Å². The second kappa shape index (κ2) is 14.4. The van der Waals surface area contributed by atoms with Gasteiger partial charge < -0.3 is 25.0 Å². The maximum atomic E-state index is 9.80. The summed E-state index contributed by atoms with van der Waals surface area (Å²) in [6, 6.07) is 8.41. The van der Waals surface area contributed by atoms with Crippen molar-refractivity contribution >= 4 is 5.97 Å². The van der Waals surface area contributed by atoms with Crippen molar-refractivity contribution in [3.05, 3.63) is 29.8 Å². The quantitative estimate of drug-likeness (QED) is 0.444. The van der Waals surface area contributed by atoms with Crippen LogP contribution in [0.1, 0.15) is 52.0 Å². The van der Waals surface area contributed by atoms with E-state index in [1.165, 1.54) is 18.4 Å². The molecule has 1 aliphatic rings. The first kappa shape index (κ1) is 24.4. The Morgan fingerprint density at radius 1 is 1.25 bits per heavy atom. The SMILES string of the molecule is CC(C)NCC(O)COc1ccc(CCOCC2CC2)cc1.CCCC(=O)O. The molecular weight excluding hydrogens is 358 g/mol. The summed E-state index contributed by atoms with van der Waals surface area (Å²) in [5.41, 5.74) is 1.25. The fraction of sp³-hybridized carbons (Fsp3) is 0.682. The smallest absolute Gasteiger partial charge is 0.303 e.